The topological polar surface area (TPSA) is 136 Å². The molecular formula is C35H38N6O5. The summed E-state index contributed by atoms with van der Waals surface area (Å²) in [5, 5.41) is 13.6. The van der Waals surface area contributed by atoms with Crippen LogP contribution in [0.15, 0.2) is 83.7 Å². The highest BCUT2D eigenvalue weighted by Crippen LogP contribution is 2.34. The Kier molecular flexibility index (Phi) is 8.83. The van der Waals surface area contributed by atoms with Crippen molar-refractivity contribution in [3.63, 3.8) is 0 Å². The molecule has 0 saturated heterocycles. The lowest BCUT2D eigenvalue weighted by molar-refractivity contribution is 0.0884. The first-order valence-electron chi connectivity index (χ1n) is 15.7. The highest BCUT2D eigenvalue weighted by atomic mass is 16.5. The SMILES string of the molecule is CCC1=C(NC(=O)c2ccc(-c3cccnc3)cc2OC2CCC(NC(=O)c3cnn4cc(OCC(C)(C)N=O)ccc34)CC2)C1. The molecule has 11 nitrogen and oxygen atoms in total. The molecule has 2 aliphatic rings. The van der Waals surface area contributed by atoms with Gasteiger partial charge in [0.2, 0.25) is 0 Å². The van der Waals surface area contributed by atoms with Gasteiger partial charge < -0.3 is 20.1 Å². The van der Waals surface area contributed by atoms with Gasteiger partial charge in [0.05, 0.1) is 35.1 Å². The number of hydrogen-bond acceptors (Lipinski definition) is 8. The summed E-state index contributed by atoms with van der Waals surface area (Å²) in [5.41, 5.74) is 4.93. The molecular weight excluding hydrogens is 584 g/mol. The van der Waals surface area contributed by atoms with Crippen molar-refractivity contribution >= 4 is 17.3 Å². The van der Waals surface area contributed by atoms with Gasteiger partial charge in [-0.05, 0) is 87.4 Å². The van der Waals surface area contributed by atoms with Crippen LogP contribution in [0.4, 0.5) is 0 Å². The molecule has 1 aromatic carbocycles. The standard InChI is InChI=1S/C35H38N6O5/c1-4-22-16-30(22)39-33(42)28-13-7-23(24-6-5-15-36-18-24)17-32(28)46-26-10-8-25(9-11-26)38-34(43)29-19-37-41-20-27(12-14-31(29)41)45-21-35(2,3)40-44/h5-7,12-15,17-20,25-26H,4,8-11,16,21H2,1-3H3,(H,38,43)(H,39,42). The van der Waals surface area contributed by atoms with Crippen molar-refractivity contribution < 1.29 is 19.1 Å². The number of nitroso groups, excluding NO2 is 1. The van der Waals surface area contributed by atoms with Gasteiger partial charge in [-0.25, -0.2) is 4.52 Å². The van der Waals surface area contributed by atoms with Crippen LogP contribution in [0.2, 0.25) is 0 Å². The minimum Gasteiger partial charge on any atom is -0.490 e. The van der Waals surface area contributed by atoms with Gasteiger partial charge in [-0.2, -0.15) is 10.0 Å². The van der Waals surface area contributed by atoms with Gasteiger partial charge >= 0.3 is 0 Å². The third kappa shape index (κ3) is 7.09. The Balaban J connectivity index is 1.09. The second-order valence-electron chi connectivity index (χ2n) is 12.5. The van der Waals surface area contributed by atoms with Gasteiger partial charge in [0.1, 0.15) is 23.6 Å². The van der Waals surface area contributed by atoms with Crippen molar-refractivity contribution in [3.05, 3.63) is 94.6 Å². The Labute approximate surface area is 267 Å². The molecule has 11 heteroatoms. The molecule has 3 heterocycles. The molecule has 0 spiro atoms. The van der Waals surface area contributed by atoms with Gasteiger partial charge in [0.15, 0.2) is 0 Å². The van der Waals surface area contributed by atoms with Crippen LogP contribution in [0.3, 0.4) is 0 Å². The quantitative estimate of drug-likeness (QED) is 0.179. The lowest BCUT2D eigenvalue weighted by atomic mass is 9.92. The molecule has 238 valence electrons. The van der Waals surface area contributed by atoms with Crippen LogP contribution in [0.5, 0.6) is 11.5 Å². The highest BCUT2D eigenvalue weighted by Gasteiger charge is 2.28. The van der Waals surface area contributed by atoms with E-state index < -0.39 is 5.54 Å². The number of ether oxygens (including phenoxy) is 2. The van der Waals surface area contributed by atoms with Crippen molar-refractivity contribution in [3.8, 4) is 22.6 Å². The van der Waals surface area contributed by atoms with Crippen molar-refractivity contribution in [2.24, 2.45) is 5.18 Å². The van der Waals surface area contributed by atoms with Gasteiger partial charge in [-0.15, -0.1) is 0 Å². The normalized spacial score (nSPS) is 17.8. The molecule has 0 atom stereocenters. The lowest BCUT2D eigenvalue weighted by Crippen LogP contribution is -2.39. The van der Waals surface area contributed by atoms with E-state index in [0.717, 1.165) is 55.3 Å². The second kappa shape index (κ2) is 13.1. The Bertz CT molecular complexity index is 1790. The Hall–Kier alpha value is -5.06. The molecule has 2 N–H and O–H groups in total. The van der Waals surface area contributed by atoms with Gasteiger partial charge in [-0.1, -0.05) is 24.2 Å². The van der Waals surface area contributed by atoms with Crippen molar-refractivity contribution in [1.29, 1.82) is 0 Å². The molecule has 0 radical (unpaired) electrons. The summed E-state index contributed by atoms with van der Waals surface area (Å²) in [6.45, 7) is 5.61. The predicted octanol–water partition coefficient (Wildman–Crippen LogP) is 6.24. The third-order valence-corrected chi connectivity index (χ3v) is 8.48. The average Bonchev–Trinajstić information content (AvgIpc) is 3.69. The van der Waals surface area contributed by atoms with E-state index in [1.807, 2.05) is 30.3 Å². The number of amides is 2. The second-order valence-corrected chi connectivity index (χ2v) is 12.5. The Morgan fingerprint density at radius 3 is 2.57 bits per heavy atom. The van der Waals surface area contributed by atoms with Crippen LogP contribution in [0.1, 0.15) is 80.0 Å². The maximum Gasteiger partial charge on any atom is 0.259 e. The zero-order chi connectivity index (χ0) is 32.3. The summed E-state index contributed by atoms with van der Waals surface area (Å²) >= 11 is 0. The number of fused-ring (bicyclic) bond motifs is 1. The van der Waals surface area contributed by atoms with Crippen LogP contribution in [-0.4, -0.2) is 50.7 Å². The highest BCUT2D eigenvalue weighted by molar-refractivity contribution is 6.01. The van der Waals surface area contributed by atoms with Crippen molar-refractivity contribution in [2.45, 2.75) is 77.0 Å². The van der Waals surface area contributed by atoms with Gasteiger partial charge in [0.25, 0.3) is 11.8 Å². The van der Waals surface area contributed by atoms with Crippen LogP contribution in [-0.2, 0) is 0 Å². The maximum atomic E-state index is 13.2. The number of carbonyl (C=O) groups is 2. The fraction of sp³-hybridized carbons (Fsp3) is 0.371. The zero-order valence-corrected chi connectivity index (χ0v) is 26.3. The fourth-order valence-electron chi connectivity index (χ4n) is 5.64. The fourth-order valence-corrected chi connectivity index (χ4v) is 5.64. The van der Waals surface area contributed by atoms with E-state index in [-0.39, 0.29) is 30.6 Å². The molecule has 0 unspecified atom stereocenters. The van der Waals surface area contributed by atoms with E-state index in [4.69, 9.17) is 9.47 Å². The minimum atomic E-state index is -0.845. The summed E-state index contributed by atoms with van der Waals surface area (Å²) in [5.74, 6) is 0.718. The first-order valence-corrected chi connectivity index (χ1v) is 15.7. The van der Waals surface area contributed by atoms with Crippen LogP contribution >= 0.6 is 0 Å². The van der Waals surface area contributed by atoms with E-state index in [2.05, 4.69) is 32.8 Å². The summed E-state index contributed by atoms with van der Waals surface area (Å²) in [4.78, 5) is 41.6. The van der Waals surface area contributed by atoms with Crippen molar-refractivity contribution in [2.75, 3.05) is 6.61 Å². The van der Waals surface area contributed by atoms with E-state index in [0.29, 0.717) is 28.1 Å². The monoisotopic (exact) mass is 622 g/mol. The molecule has 0 bridgehead atoms. The maximum absolute atomic E-state index is 13.2. The average molecular weight is 623 g/mol. The lowest BCUT2D eigenvalue weighted by Gasteiger charge is -2.30. The van der Waals surface area contributed by atoms with Gasteiger partial charge in [0, 0.05) is 36.1 Å². The number of hydrogen-bond donors (Lipinski definition) is 2. The predicted molar refractivity (Wildman–Crippen MR) is 174 cm³/mol. The summed E-state index contributed by atoms with van der Waals surface area (Å²) in [7, 11) is 0. The summed E-state index contributed by atoms with van der Waals surface area (Å²) < 4.78 is 13.8. The molecule has 4 aromatic rings. The number of aromatic nitrogens is 3. The van der Waals surface area contributed by atoms with Crippen molar-refractivity contribution in [1.82, 2.24) is 25.2 Å². The number of nitrogens with zero attached hydrogens (tertiary/aromatic N) is 4. The third-order valence-electron chi connectivity index (χ3n) is 8.48. The van der Waals surface area contributed by atoms with Crippen LogP contribution in [0.25, 0.3) is 16.6 Å². The molecule has 3 aromatic heterocycles. The smallest absolute Gasteiger partial charge is 0.259 e. The molecule has 2 amide bonds. The molecule has 46 heavy (non-hydrogen) atoms. The number of benzene rings is 1. The van der Waals surface area contributed by atoms with Crippen LogP contribution in [0, 0.1) is 4.91 Å². The number of nitrogens with one attached hydrogen (secondary N) is 2. The van der Waals surface area contributed by atoms with E-state index >= 15 is 0 Å². The Morgan fingerprint density at radius 1 is 1.02 bits per heavy atom. The van der Waals surface area contributed by atoms with E-state index in [1.54, 1.807) is 55.3 Å². The first-order chi connectivity index (χ1) is 22.2. The van der Waals surface area contributed by atoms with E-state index in [1.165, 1.54) is 5.57 Å². The zero-order valence-electron chi connectivity index (χ0n) is 26.3. The number of carbonyl (C=O) groups excluding carboxylic acids is 2. The van der Waals surface area contributed by atoms with Gasteiger partial charge in [-0.3, -0.25) is 14.6 Å². The Morgan fingerprint density at radius 2 is 1.85 bits per heavy atom. The first kappa shape index (κ1) is 30.9. The molecule has 6 rings (SSSR count). The van der Waals surface area contributed by atoms with Crippen LogP contribution < -0.4 is 20.1 Å². The number of pyridine rings is 2. The minimum absolute atomic E-state index is 0.0123. The molecule has 1 saturated carbocycles. The number of rotatable bonds is 12. The molecule has 1 fully saturated rings. The molecule has 2 aliphatic carbocycles. The summed E-state index contributed by atoms with van der Waals surface area (Å²) in [6, 6.07) is 13.0. The number of allylic oxidation sites excluding steroid dienone is 2. The molecule has 0 aliphatic heterocycles. The largest absolute Gasteiger partial charge is 0.490 e. The summed E-state index contributed by atoms with van der Waals surface area (Å²) in [6.07, 6.45) is 11.4. The van der Waals surface area contributed by atoms with E-state index in [9.17, 15) is 14.5 Å².